The molecular formula is C15H18N2O3S3. The lowest BCUT2D eigenvalue weighted by Crippen LogP contribution is -2.08. The van der Waals surface area contributed by atoms with E-state index < -0.39 is 5.97 Å². The SMILES string of the molecule is COc1cc2nc(C(C)C)sc2cc1NC(=S)SCCC(=O)O. The Morgan fingerprint density at radius 2 is 2.26 bits per heavy atom. The Bertz CT molecular complexity index is 728. The topological polar surface area (TPSA) is 71.5 Å². The molecule has 0 bridgehead atoms. The molecule has 2 rings (SSSR count). The minimum atomic E-state index is -0.829. The van der Waals surface area contributed by atoms with E-state index in [4.69, 9.17) is 22.1 Å². The number of fused-ring (bicyclic) bond motifs is 1. The standard InChI is InChI=1S/C15H18N2O3S3/c1-8(2)14-16-10-6-11(20-3)9(7-12(10)23-14)17-15(21)22-5-4-13(18)19/h6-8H,4-5H2,1-3H3,(H,17,21)(H,18,19). The van der Waals surface area contributed by atoms with E-state index in [1.807, 2.05) is 12.1 Å². The van der Waals surface area contributed by atoms with Crippen LogP contribution < -0.4 is 10.1 Å². The second-order valence-electron chi connectivity index (χ2n) is 5.13. The second-order valence-corrected chi connectivity index (χ2v) is 7.97. The van der Waals surface area contributed by atoms with E-state index in [9.17, 15) is 4.79 Å². The van der Waals surface area contributed by atoms with Crippen LogP contribution in [0, 0.1) is 0 Å². The number of thiazole rings is 1. The molecule has 0 atom stereocenters. The molecule has 0 saturated carbocycles. The zero-order valence-electron chi connectivity index (χ0n) is 13.1. The van der Waals surface area contributed by atoms with Crippen LogP contribution in [0.4, 0.5) is 5.69 Å². The Morgan fingerprint density at radius 1 is 1.52 bits per heavy atom. The lowest BCUT2D eigenvalue weighted by Gasteiger charge is -2.11. The van der Waals surface area contributed by atoms with Crippen molar-refractivity contribution in [1.82, 2.24) is 4.98 Å². The molecule has 0 unspecified atom stereocenters. The molecule has 0 spiro atoms. The molecule has 124 valence electrons. The predicted octanol–water partition coefficient (Wildman–Crippen LogP) is 4.33. The van der Waals surface area contributed by atoms with Gasteiger partial charge in [0, 0.05) is 17.7 Å². The Labute approximate surface area is 148 Å². The fraction of sp³-hybridized carbons (Fsp3) is 0.400. The lowest BCUT2D eigenvalue weighted by atomic mass is 10.2. The maximum absolute atomic E-state index is 10.5. The van der Waals surface area contributed by atoms with Crippen molar-refractivity contribution in [2.45, 2.75) is 26.2 Å². The van der Waals surface area contributed by atoms with E-state index in [2.05, 4.69) is 24.1 Å². The summed E-state index contributed by atoms with van der Waals surface area (Å²) in [5, 5.41) is 12.9. The molecule has 2 N–H and O–H groups in total. The van der Waals surface area contributed by atoms with Crippen LogP contribution in [-0.4, -0.2) is 33.2 Å². The minimum Gasteiger partial charge on any atom is -0.494 e. The van der Waals surface area contributed by atoms with Gasteiger partial charge in [-0.15, -0.1) is 11.3 Å². The fourth-order valence-electron chi connectivity index (χ4n) is 1.86. The van der Waals surface area contributed by atoms with Gasteiger partial charge in [-0.05, 0) is 6.07 Å². The number of carboxylic acid groups (broad SMARTS) is 1. The molecule has 0 saturated heterocycles. The molecule has 5 nitrogen and oxygen atoms in total. The van der Waals surface area contributed by atoms with Crippen LogP contribution in [0.5, 0.6) is 5.75 Å². The number of thiocarbonyl (C=S) groups is 1. The Kier molecular flexibility index (Phi) is 6.20. The third-order valence-electron chi connectivity index (χ3n) is 3.01. The van der Waals surface area contributed by atoms with Gasteiger partial charge in [-0.25, -0.2) is 4.98 Å². The number of carbonyl (C=O) groups is 1. The summed E-state index contributed by atoms with van der Waals surface area (Å²) >= 11 is 8.22. The molecule has 0 aliphatic carbocycles. The number of methoxy groups -OCH3 is 1. The summed E-state index contributed by atoms with van der Waals surface area (Å²) < 4.78 is 7.00. The molecule has 1 heterocycles. The van der Waals surface area contributed by atoms with Gasteiger partial charge in [-0.3, -0.25) is 4.79 Å². The van der Waals surface area contributed by atoms with Crippen LogP contribution in [0.2, 0.25) is 0 Å². The summed E-state index contributed by atoms with van der Waals surface area (Å²) in [4.78, 5) is 15.2. The number of aliphatic carboxylic acids is 1. The van der Waals surface area contributed by atoms with E-state index in [0.29, 0.717) is 21.7 Å². The molecule has 0 aliphatic heterocycles. The Balaban J connectivity index is 2.18. The quantitative estimate of drug-likeness (QED) is 0.733. The van der Waals surface area contributed by atoms with Gasteiger partial charge in [0.1, 0.15) is 10.1 Å². The number of ether oxygens (including phenoxy) is 1. The zero-order valence-corrected chi connectivity index (χ0v) is 15.5. The van der Waals surface area contributed by atoms with Gasteiger partial charge in [0.05, 0.1) is 34.4 Å². The van der Waals surface area contributed by atoms with Gasteiger partial charge in [0.15, 0.2) is 0 Å². The van der Waals surface area contributed by atoms with Crippen LogP contribution in [0.25, 0.3) is 10.2 Å². The van der Waals surface area contributed by atoms with Gasteiger partial charge in [0.25, 0.3) is 0 Å². The van der Waals surface area contributed by atoms with Crippen molar-refractivity contribution < 1.29 is 14.6 Å². The number of hydrogen-bond donors (Lipinski definition) is 2. The molecular weight excluding hydrogens is 352 g/mol. The van der Waals surface area contributed by atoms with Crippen molar-refractivity contribution in [3.63, 3.8) is 0 Å². The fourth-order valence-corrected chi connectivity index (χ4v) is 3.86. The average molecular weight is 371 g/mol. The Hall–Kier alpha value is -1.38. The highest BCUT2D eigenvalue weighted by Crippen LogP contribution is 2.35. The van der Waals surface area contributed by atoms with Crippen molar-refractivity contribution in [2.24, 2.45) is 0 Å². The third-order valence-corrected chi connectivity index (χ3v) is 5.55. The van der Waals surface area contributed by atoms with E-state index in [-0.39, 0.29) is 6.42 Å². The molecule has 0 fully saturated rings. The largest absolute Gasteiger partial charge is 0.494 e. The number of rotatable bonds is 6. The third kappa shape index (κ3) is 4.79. The zero-order chi connectivity index (χ0) is 17.0. The number of benzene rings is 1. The number of carboxylic acids is 1. The first-order valence-corrected chi connectivity index (χ1v) is 9.25. The van der Waals surface area contributed by atoms with Crippen LogP contribution >= 0.6 is 35.3 Å². The van der Waals surface area contributed by atoms with Crippen LogP contribution in [0.15, 0.2) is 12.1 Å². The average Bonchev–Trinajstić information content (AvgIpc) is 2.89. The smallest absolute Gasteiger partial charge is 0.304 e. The van der Waals surface area contributed by atoms with Crippen molar-refractivity contribution in [3.05, 3.63) is 17.1 Å². The van der Waals surface area contributed by atoms with Crippen molar-refractivity contribution in [1.29, 1.82) is 0 Å². The minimum absolute atomic E-state index is 0.0786. The Morgan fingerprint density at radius 3 is 2.87 bits per heavy atom. The number of nitrogens with zero attached hydrogens (tertiary/aromatic N) is 1. The van der Waals surface area contributed by atoms with Crippen LogP contribution in [0.3, 0.4) is 0 Å². The van der Waals surface area contributed by atoms with E-state index in [1.54, 1.807) is 18.4 Å². The van der Waals surface area contributed by atoms with Gasteiger partial charge in [0.2, 0.25) is 0 Å². The van der Waals surface area contributed by atoms with Crippen LogP contribution in [-0.2, 0) is 4.79 Å². The van der Waals surface area contributed by atoms with E-state index in [1.165, 1.54) is 11.8 Å². The summed E-state index contributed by atoms with van der Waals surface area (Å²) in [6.07, 6.45) is 0.0786. The lowest BCUT2D eigenvalue weighted by molar-refractivity contribution is -0.136. The predicted molar refractivity (Wildman–Crippen MR) is 101 cm³/mol. The molecule has 0 radical (unpaired) electrons. The highest BCUT2D eigenvalue weighted by Gasteiger charge is 2.13. The number of thioether (sulfide) groups is 1. The summed E-state index contributed by atoms with van der Waals surface area (Å²) in [6.45, 7) is 4.23. The first kappa shape index (κ1) is 18.0. The van der Waals surface area contributed by atoms with Crippen LogP contribution in [0.1, 0.15) is 31.2 Å². The number of hydrogen-bond acceptors (Lipinski definition) is 6. The van der Waals surface area contributed by atoms with Crippen molar-refractivity contribution in [3.8, 4) is 5.75 Å². The summed E-state index contributed by atoms with van der Waals surface area (Å²) in [6, 6.07) is 3.87. The monoisotopic (exact) mass is 370 g/mol. The number of anilines is 1. The van der Waals surface area contributed by atoms with E-state index >= 15 is 0 Å². The molecule has 1 aromatic heterocycles. The first-order chi connectivity index (χ1) is 10.9. The summed E-state index contributed by atoms with van der Waals surface area (Å²) in [5.41, 5.74) is 1.68. The summed E-state index contributed by atoms with van der Waals surface area (Å²) in [5.74, 6) is 0.649. The molecule has 0 amide bonds. The molecule has 1 aromatic carbocycles. The van der Waals surface area contributed by atoms with Gasteiger partial charge in [-0.2, -0.15) is 0 Å². The van der Waals surface area contributed by atoms with E-state index in [0.717, 1.165) is 20.9 Å². The number of nitrogens with one attached hydrogen (secondary N) is 1. The maximum Gasteiger partial charge on any atom is 0.304 e. The van der Waals surface area contributed by atoms with Gasteiger partial charge < -0.3 is 15.2 Å². The maximum atomic E-state index is 10.5. The molecule has 23 heavy (non-hydrogen) atoms. The highest BCUT2D eigenvalue weighted by molar-refractivity contribution is 8.23. The second kappa shape index (κ2) is 7.94. The van der Waals surface area contributed by atoms with Gasteiger partial charge in [-0.1, -0.05) is 37.8 Å². The number of aromatic nitrogens is 1. The highest BCUT2D eigenvalue weighted by atomic mass is 32.2. The molecule has 0 aliphatic rings. The van der Waals surface area contributed by atoms with Gasteiger partial charge >= 0.3 is 5.97 Å². The molecule has 2 aromatic rings. The molecule has 8 heteroatoms. The summed E-state index contributed by atoms with van der Waals surface area (Å²) in [7, 11) is 1.60. The first-order valence-electron chi connectivity index (χ1n) is 7.04. The normalized spacial score (nSPS) is 11.0. The van der Waals surface area contributed by atoms with Crippen molar-refractivity contribution in [2.75, 3.05) is 18.2 Å². The van der Waals surface area contributed by atoms with Crippen molar-refractivity contribution >= 4 is 61.5 Å².